The minimum absolute atomic E-state index is 0.759. The van der Waals surface area contributed by atoms with Crippen molar-refractivity contribution in [3.8, 4) is 5.69 Å². The Hall–Kier alpha value is -1.44. The van der Waals surface area contributed by atoms with Crippen molar-refractivity contribution in [3.05, 3.63) is 40.2 Å². The first-order valence-corrected chi connectivity index (χ1v) is 5.83. The fraction of sp³-hybridized carbons (Fsp3) is 0.100. The second kappa shape index (κ2) is 3.55. The molecule has 3 heterocycles. The van der Waals surface area contributed by atoms with Crippen molar-refractivity contribution in [2.45, 2.75) is 6.92 Å². The molecule has 0 aliphatic heterocycles. The Balaban J connectivity index is 2.18. The lowest BCUT2D eigenvalue weighted by atomic mass is 10.4. The molecule has 3 rings (SSSR count). The van der Waals surface area contributed by atoms with Gasteiger partial charge in [-0.05, 0) is 41.6 Å². The third kappa shape index (κ3) is 1.49. The van der Waals surface area contributed by atoms with Gasteiger partial charge >= 0.3 is 0 Å². The second-order valence-electron chi connectivity index (χ2n) is 3.45. The van der Waals surface area contributed by atoms with Gasteiger partial charge in [0.1, 0.15) is 12.2 Å². The molecular formula is C10H8IN5. The molecule has 0 saturated heterocycles. The minimum atomic E-state index is 0.759. The standard InChI is InChI=1S/C10H8IN5/c1-7-12-6-16(14-7)8-2-3-10-9(11)4-13-15(10)5-8/h2-6H,1H3. The van der Waals surface area contributed by atoms with E-state index in [0.717, 1.165) is 20.6 Å². The number of halogens is 1. The van der Waals surface area contributed by atoms with Crippen LogP contribution in [0.25, 0.3) is 11.2 Å². The van der Waals surface area contributed by atoms with Gasteiger partial charge in [0.25, 0.3) is 0 Å². The van der Waals surface area contributed by atoms with Gasteiger partial charge in [-0.3, -0.25) is 0 Å². The maximum Gasteiger partial charge on any atom is 0.147 e. The molecule has 0 aliphatic rings. The van der Waals surface area contributed by atoms with E-state index in [-0.39, 0.29) is 0 Å². The van der Waals surface area contributed by atoms with E-state index in [1.54, 1.807) is 11.0 Å². The van der Waals surface area contributed by atoms with Crippen LogP contribution in [0.2, 0.25) is 0 Å². The monoisotopic (exact) mass is 325 g/mol. The summed E-state index contributed by atoms with van der Waals surface area (Å²) in [5.41, 5.74) is 2.05. The van der Waals surface area contributed by atoms with Crippen molar-refractivity contribution >= 4 is 28.1 Å². The number of aromatic nitrogens is 5. The molecule has 5 nitrogen and oxygen atoms in total. The topological polar surface area (TPSA) is 48.0 Å². The van der Waals surface area contributed by atoms with Crippen molar-refractivity contribution in [3.63, 3.8) is 0 Å². The van der Waals surface area contributed by atoms with Crippen molar-refractivity contribution in [1.82, 2.24) is 24.4 Å². The molecule has 0 bridgehead atoms. The molecule has 0 saturated carbocycles. The Morgan fingerprint density at radius 1 is 1.31 bits per heavy atom. The van der Waals surface area contributed by atoms with E-state index in [4.69, 9.17) is 0 Å². The molecule has 0 amide bonds. The van der Waals surface area contributed by atoms with E-state index in [1.165, 1.54) is 0 Å². The number of nitrogens with zero attached hydrogens (tertiary/aromatic N) is 5. The Morgan fingerprint density at radius 2 is 2.19 bits per heavy atom. The number of hydrogen-bond donors (Lipinski definition) is 0. The summed E-state index contributed by atoms with van der Waals surface area (Å²) in [6, 6.07) is 4.04. The third-order valence-corrected chi connectivity index (χ3v) is 3.16. The van der Waals surface area contributed by atoms with Gasteiger partial charge in [-0.15, -0.1) is 0 Å². The van der Waals surface area contributed by atoms with Crippen LogP contribution in [0.1, 0.15) is 5.82 Å². The molecule has 3 aromatic heterocycles. The highest BCUT2D eigenvalue weighted by Gasteiger charge is 2.04. The lowest BCUT2D eigenvalue weighted by molar-refractivity contribution is 0.840. The van der Waals surface area contributed by atoms with Crippen LogP contribution in [-0.2, 0) is 0 Å². The lowest BCUT2D eigenvalue weighted by Gasteiger charge is -2.00. The molecule has 0 fully saturated rings. The van der Waals surface area contributed by atoms with Gasteiger partial charge in [0.15, 0.2) is 0 Å². The number of pyridine rings is 1. The van der Waals surface area contributed by atoms with Crippen LogP contribution in [0.3, 0.4) is 0 Å². The zero-order valence-corrected chi connectivity index (χ0v) is 10.7. The van der Waals surface area contributed by atoms with Crippen molar-refractivity contribution < 1.29 is 0 Å². The van der Waals surface area contributed by atoms with Crippen LogP contribution < -0.4 is 0 Å². The predicted octanol–water partition coefficient (Wildman–Crippen LogP) is 1.83. The molecular weight excluding hydrogens is 317 g/mol. The number of rotatable bonds is 1. The van der Waals surface area contributed by atoms with Crippen LogP contribution in [0.5, 0.6) is 0 Å². The fourth-order valence-corrected chi connectivity index (χ4v) is 2.10. The van der Waals surface area contributed by atoms with Crippen LogP contribution >= 0.6 is 22.6 Å². The molecule has 0 aliphatic carbocycles. The molecule has 3 aromatic rings. The van der Waals surface area contributed by atoms with E-state index in [0.29, 0.717) is 0 Å². The summed E-state index contributed by atoms with van der Waals surface area (Å²) < 4.78 is 4.72. The average Bonchev–Trinajstić information content (AvgIpc) is 2.86. The molecule has 80 valence electrons. The number of hydrogen-bond acceptors (Lipinski definition) is 3. The SMILES string of the molecule is Cc1ncn(-c2ccc3c(I)cnn3c2)n1. The summed E-state index contributed by atoms with van der Waals surface area (Å²) in [6.45, 7) is 1.87. The number of aryl methyl sites for hydroxylation is 1. The van der Waals surface area contributed by atoms with E-state index in [9.17, 15) is 0 Å². The Bertz CT molecular complexity index is 654. The van der Waals surface area contributed by atoms with Gasteiger partial charge in [-0.2, -0.15) is 10.2 Å². The Labute approximate surface area is 105 Å². The lowest BCUT2D eigenvalue weighted by Crippen LogP contribution is -1.98. The van der Waals surface area contributed by atoms with Gasteiger partial charge in [0.2, 0.25) is 0 Å². The summed E-state index contributed by atoms with van der Waals surface area (Å²) in [7, 11) is 0. The van der Waals surface area contributed by atoms with Crippen LogP contribution in [-0.4, -0.2) is 24.4 Å². The normalized spacial score (nSPS) is 11.1. The van der Waals surface area contributed by atoms with Gasteiger partial charge in [0.05, 0.1) is 27.2 Å². The Kier molecular flexibility index (Phi) is 2.16. The van der Waals surface area contributed by atoms with Gasteiger partial charge in [-0.25, -0.2) is 14.2 Å². The zero-order valence-electron chi connectivity index (χ0n) is 8.50. The summed E-state index contributed by atoms with van der Waals surface area (Å²) >= 11 is 2.27. The van der Waals surface area contributed by atoms with Gasteiger partial charge in [0, 0.05) is 0 Å². The summed E-state index contributed by atoms with van der Waals surface area (Å²) in [5.74, 6) is 0.759. The first-order chi connectivity index (χ1) is 7.74. The smallest absolute Gasteiger partial charge is 0.147 e. The summed E-state index contributed by atoms with van der Waals surface area (Å²) in [5, 5.41) is 8.52. The molecule has 16 heavy (non-hydrogen) atoms. The van der Waals surface area contributed by atoms with Crippen molar-refractivity contribution in [1.29, 1.82) is 0 Å². The molecule has 0 N–H and O–H groups in total. The van der Waals surface area contributed by atoms with E-state index >= 15 is 0 Å². The van der Waals surface area contributed by atoms with Gasteiger partial charge in [-0.1, -0.05) is 0 Å². The Morgan fingerprint density at radius 3 is 2.94 bits per heavy atom. The van der Waals surface area contributed by atoms with Crippen LogP contribution in [0.15, 0.2) is 30.9 Å². The largest absolute Gasteiger partial charge is 0.238 e. The van der Waals surface area contributed by atoms with E-state index < -0.39 is 0 Å². The van der Waals surface area contributed by atoms with Crippen LogP contribution in [0.4, 0.5) is 0 Å². The fourth-order valence-electron chi connectivity index (χ4n) is 1.55. The van der Waals surface area contributed by atoms with Crippen molar-refractivity contribution in [2.24, 2.45) is 0 Å². The summed E-state index contributed by atoms with van der Waals surface area (Å²) in [6.07, 6.45) is 5.48. The maximum absolute atomic E-state index is 4.26. The minimum Gasteiger partial charge on any atom is -0.238 e. The highest BCUT2D eigenvalue weighted by atomic mass is 127. The highest BCUT2D eigenvalue weighted by molar-refractivity contribution is 14.1. The molecule has 0 atom stereocenters. The highest BCUT2D eigenvalue weighted by Crippen LogP contribution is 2.15. The molecule has 0 radical (unpaired) electrons. The zero-order chi connectivity index (χ0) is 11.1. The molecule has 0 aromatic carbocycles. The second-order valence-corrected chi connectivity index (χ2v) is 4.61. The summed E-state index contributed by atoms with van der Waals surface area (Å²) in [4.78, 5) is 4.10. The predicted molar refractivity (Wildman–Crippen MR) is 67.6 cm³/mol. The molecule has 6 heteroatoms. The van der Waals surface area contributed by atoms with Crippen LogP contribution in [0, 0.1) is 10.5 Å². The van der Waals surface area contributed by atoms with Crippen molar-refractivity contribution in [2.75, 3.05) is 0 Å². The average molecular weight is 325 g/mol. The molecule has 0 unspecified atom stereocenters. The van der Waals surface area contributed by atoms with Gasteiger partial charge < -0.3 is 0 Å². The number of fused-ring (bicyclic) bond motifs is 1. The maximum atomic E-state index is 4.26. The third-order valence-electron chi connectivity index (χ3n) is 2.32. The van der Waals surface area contributed by atoms with E-state index in [2.05, 4.69) is 37.8 Å². The molecule has 0 spiro atoms. The van der Waals surface area contributed by atoms with E-state index in [1.807, 2.05) is 36.0 Å². The quantitative estimate of drug-likeness (QED) is 0.642. The first-order valence-electron chi connectivity index (χ1n) is 4.75. The first kappa shape index (κ1) is 9.76.